The summed E-state index contributed by atoms with van der Waals surface area (Å²) in [6.45, 7) is 0. The molecule has 2 N–H and O–H groups in total. The fraction of sp³-hybridized carbons (Fsp3) is 0.500. The molecule has 0 saturated heterocycles. The summed E-state index contributed by atoms with van der Waals surface area (Å²) in [7, 11) is 3.27. The highest BCUT2D eigenvalue weighted by atomic mass is 32.1. The van der Waals surface area contributed by atoms with E-state index in [1.165, 1.54) is 25.7 Å². The van der Waals surface area contributed by atoms with E-state index >= 15 is 0 Å². The van der Waals surface area contributed by atoms with Crippen LogP contribution in [0.4, 0.5) is 5.69 Å². The molecule has 0 bridgehead atoms. The van der Waals surface area contributed by atoms with Gasteiger partial charge in [-0.15, -0.1) is 0 Å². The molecule has 0 heterocycles. The van der Waals surface area contributed by atoms with E-state index in [9.17, 15) is 0 Å². The maximum Gasteiger partial charge on any atom is 0.170 e. The van der Waals surface area contributed by atoms with Crippen LogP contribution in [0.3, 0.4) is 0 Å². The van der Waals surface area contributed by atoms with Crippen molar-refractivity contribution in [3.63, 3.8) is 0 Å². The van der Waals surface area contributed by atoms with Crippen molar-refractivity contribution in [1.29, 1.82) is 0 Å². The quantitative estimate of drug-likeness (QED) is 0.830. The minimum atomic E-state index is 0.507. The third-order valence-electron chi connectivity index (χ3n) is 3.30. The van der Waals surface area contributed by atoms with Crippen LogP contribution in [0, 0.1) is 0 Å². The molecule has 1 aliphatic rings. The second-order valence-electron chi connectivity index (χ2n) is 4.68. The van der Waals surface area contributed by atoms with Gasteiger partial charge < -0.3 is 20.1 Å². The number of ether oxygens (including phenoxy) is 2. The smallest absolute Gasteiger partial charge is 0.170 e. The molecule has 0 amide bonds. The number of benzene rings is 1. The van der Waals surface area contributed by atoms with E-state index in [0.29, 0.717) is 11.2 Å². The molecule has 2 rings (SSSR count). The summed E-state index contributed by atoms with van der Waals surface area (Å²) >= 11 is 5.33. The van der Waals surface area contributed by atoms with Gasteiger partial charge in [0, 0.05) is 29.9 Å². The summed E-state index contributed by atoms with van der Waals surface area (Å²) < 4.78 is 10.5. The Labute approximate surface area is 119 Å². The lowest BCUT2D eigenvalue weighted by molar-refractivity contribution is 0.395. The highest BCUT2D eigenvalue weighted by molar-refractivity contribution is 7.80. The fourth-order valence-corrected chi connectivity index (χ4v) is 2.59. The van der Waals surface area contributed by atoms with Crippen LogP contribution >= 0.6 is 12.2 Å². The van der Waals surface area contributed by atoms with Crippen molar-refractivity contribution in [2.75, 3.05) is 19.5 Å². The third-order valence-corrected chi connectivity index (χ3v) is 3.52. The molecule has 0 aromatic heterocycles. The number of anilines is 1. The molecule has 0 spiro atoms. The fourth-order valence-electron chi connectivity index (χ4n) is 2.30. The Balaban J connectivity index is 1.98. The lowest BCUT2D eigenvalue weighted by Gasteiger charge is -2.16. The van der Waals surface area contributed by atoms with E-state index in [-0.39, 0.29) is 0 Å². The largest absolute Gasteiger partial charge is 0.497 e. The average Bonchev–Trinajstić information content (AvgIpc) is 2.90. The molecule has 0 unspecified atom stereocenters. The van der Waals surface area contributed by atoms with Crippen molar-refractivity contribution < 1.29 is 9.47 Å². The van der Waals surface area contributed by atoms with Gasteiger partial charge in [0.25, 0.3) is 0 Å². The van der Waals surface area contributed by atoms with Crippen LogP contribution < -0.4 is 20.1 Å². The average molecular weight is 280 g/mol. The van der Waals surface area contributed by atoms with Crippen LogP contribution in [0.25, 0.3) is 0 Å². The molecule has 0 atom stereocenters. The van der Waals surface area contributed by atoms with Crippen molar-refractivity contribution in [2.24, 2.45) is 0 Å². The van der Waals surface area contributed by atoms with E-state index in [1.54, 1.807) is 14.2 Å². The van der Waals surface area contributed by atoms with E-state index < -0.39 is 0 Å². The van der Waals surface area contributed by atoms with Gasteiger partial charge in [0.05, 0.1) is 14.2 Å². The summed E-state index contributed by atoms with van der Waals surface area (Å²) in [6.07, 6.45) is 4.97. The molecule has 4 nitrogen and oxygen atoms in total. The van der Waals surface area contributed by atoms with Gasteiger partial charge in [-0.25, -0.2) is 0 Å². The molecular formula is C14H20N2O2S. The first kappa shape index (κ1) is 13.9. The van der Waals surface area contributed by atoms with Crippen LogP contribution in [0.2, 0.25) is 0 Å². The SMILES string of the molecule is COc1cc(NC(=S)NC2CCCC2)cc(OC)c1. The van der Waals surface area contributed by atoms with E-state index in [1.807, 2.05) is 18.2 Å². The number of nitrogens with one attached hydrogen (secondary N) is 2. The highest BCUT2D eigenvalue weighted by Crippen LogP contribution is 2.26. The van der Waals surface area contributed by atoms with Crippen LogP contribution in [0.5, 0.6) is 11.5 Å². The highest BCUT2D eigenvalue weighted by Gasteiger charge is 2.15. The van der Waals surface area contributed by atoms with Crippen molar-refractivity contribution >= 4 is 23.0 Å². The van der Waals surface area contributed by atoms with Gasteiger partial charge in [0.1, 0.15) is 11.5 Å². The van der Waals surface area contributed by atoms with Crippen LogP contribution in [0.1, 0.15) is 25.7 Å². The van der Waals surface area contributed by atoms with Crippen LogP contribution in [-0.2, 0) is 0 Å². The lowest BCUT2D eigenvalue weighted by Crippen LogP contribution is -2.35. The van der Waals surface area contributed by atoms with E-state index in [4.69, 9.17) is 21.7 Å². The molecule has 0 radical (unpaired) electrons. The van der Waals surface area contributed by atoms with E-state index in [2.05, 4.69) is 10.6 Å². The first-order valence-electron chi connectivity index (χ1n) is 6.52. The first-order chi connectivity index (χ1) is 9.21. The zero-order valence-electron chi connectivity index (χ0n) is 11.4. The molecule has 1 fully saturated rings. The van der Waals surface area contributed by atoms with E-state index in [0.717, 1.165) is 17.2 Å². The Bertz CT molecular complexity index is 423. The number of hydrogen-bond donors (Lipinski definition) is 2. The standard InChI is InChI=1S/C14H20N2O2S/c1-17-12-7-11(8-13(9-12)18-2)16-14(19)15-10-5-3-4-6-10/h7-10H,3-6H2,1-2H3,(H2,15,16,19). The maximum absolute atomic E-state index is 5.33. The minimum Gasteiger partial charge on any atom is -0.497 e. The Hall–Kier alpha value is -1.49. The summed E-state index contributed by atoms with van der Waals surface area (Å²) in [5.74, 6) is 1.48. The second kappa shape index (κ2) is 6.61. The van der Waals surface area contributed by atoms with Crippen molar-refractivity contribution in [1.82, 2.24) is 5.32 Å². The van der Waals surface area contributed by atoms with Crippen LogP contribution in [0.15, 0.2) is 18.2 Å². The predicted molar refractivity (Wildman–Crippen MR) is 81.2 cm³/mol. The van der Waals surface area contributed by atoms with Gasteiger partial charge in [-0.3, -0.25) is 0 Å². The van der Waals surface area contributed by atoms with Gasteiger partial charge in [-0.1, -0.05) is 12.8 Å². The lowest BCUT2D eigenvalue weighted by atomic mass is 10.2. The van der Waals surface area contributed by atoms with Gasteiger partial charge >= 0.3 is 0 Å². The Morgan fingerprint density at radius 2 is 1.68 bits per heavy atom. The molecular weight excluding hydrogens is 260 g/mol. The molecule has 1 aliphatic carbocycles. The first-order valence-corrected chi connectivity index (χ1v) is 6.92. The van der Waals surface area contributed by atoms with Gasteiger partial charge in [-0.2, -0.15) is 0 Å². The molecule has 0 aliphatic heterocycles. The molecule has 104 valence electrons. The summed E-state index contributed by atoms with van der Waals surface area (Å²) in [5.41, 5.74) is 0.867. The van der Waals surface area contributed by atoms with Crippen molar-refractivity contribution in [2.45, 2.75) is 31.7 Å². The summed E-state index contributed by atoms with van der Waals surface area (Å²) in [4.78, 5) is 0. The van der Waals surface area contributed by atoms with Crippen molar-refractivity contribution in [3.8, 4) is 11.5 Å². The molecule has 1 saturated carbocycles. The normalized spacial score (nSPS) is 15.1. The summed E-state index contributed by atoms with van der Waals surface area (Å²) in [5, 5.41) is 7.17. The Kier molecular flexibility index (Phi) is 4.85. The maximum atomic E-state index is 5.33. The predicted octanol–water partition coefficient (Wildman–Crippen LogP) is 2.93. The number of rotatable bonds is 4. The minimum absolute atomic E-state index is 0.507. The van der Waals surface area contributed by atoms with Gasteiger partial charge in [0.2, 0.25) is 0 Å². The van der Waals surface area contributed by atoms with Gasteiger partial charge in [-0.05, 0) is 25.1 Å². The number of methoxy groups -OCH3 is 2. The molecule has 5 heteroatoms. The zero-order chi connectivity index (χ0) is 13.7. The van der Waals surface area contributed by atoms with Crippen LogP contribution in [-0.4, -0.2) is 25.4 Å². The second-order valence-corrected chi connectivity index (χ2v) is 5.09. The molecule has 1 aromatic rings. The topological polar surface area (TPSA) is 42.5 Å². The zero-order valence-corrected chi connectivity index (χ0v) is 12.2. The van der Waals surface area contributed by atoms with Gasteiger partial charge in [0.15, 0.2) is 5.11 Å². The monoisotopic (exact) mass is 280 g/mol. The Morgan fingerprint density at radius 1 is 1.11 bits per heavy atom. The third kappa shape index (κ3) is 3.99. The number of thiocarbonyl (C=S) groups is 1. The van der Waals surface area contributed by atoms with Crippen molar-refractivity contribution in [3.05, 3.63) is 18.2 Å². The summed E-state index contributed by atoms with van der Waals surface area (Å²) in [6, 6.07) is 6.13. The molecule has 1 aromatic carbocycles. The Morgan fingerprint density at radius 3 is 2.21 bits per heavy atom. The molecule has 19 heavy (non-hydrogen) atoms. The number of hydrogen-bond acceptors (Lipinski definition) is 3.